The number of aromatic nitrogens is 4. The van der Waals surface area contributed by atoms with Gasteiger partial charge in [0.05, 0.1) is 21.9 Å². The summed E-state index contributed by atoms with van der Waals surface area (Å²) in [7, 11) is 0. The maximum absolute atomic E-state index is 8.91. The fourth-order valence-electron chi connectivity index (χ4n) is 3.52. The molecule has 0 aliphatic rings. The van der Waals surface area contributed by atoms with Crippen LogP contribution in [0.15, 0.2) is 55.9 Å². The summed E-state index contributed by atoms with van der Waals surface area (Å²) >= 11 is 6.24. The van der Waals surface area contributed by atoms with Gasteiger partial charge in [0.2, 0.25) is 0 Å². The fourth-order valence-corrected chi connectivity index (χ4v) is 3.69. The number of nitroso groups, excluding NO2 is 1. The van der Waals surface area contributed by atoms with Crippen LogP contribution >= 0.6 is 11.6 Å². The first-order chi connectivity index (χ1) is 24.4. The summed E-state index contributed by atoms with van der Waals surface area (Å²) in [5.74, 6) is 44.1. The predicted octanol–water partition coefficient (Wildman–Crippen LogP) is 8.39. The van der Waals surface area contributed by atoms with Crippen LogP contribution in [0.3, 0.4) is 0 Å². The van der Waals surface area contributed by atoms with E-state index in [1.807, 2.05) is 38.2 Å². The lowest BCUT2D eigenvalue weighted by Crippen LogP contribution is -1.96. The Morgan fingerprint density at radius 3 is 2.00 bits per heavy atom. The Kier molecular flexibility index (Phi) is 17.2. The number of halogens is 1. The summed E-state index contributed by atoms with van der Waals surface area (Å²) < 4.78 is 5.31. The number of imidazole rings is 1. The minimum absolute atomic E-state index is 0. The second-order valence-corrected chi connectivity index (χ2v) is 8.94. The minimum Gasteiger partial charge on any atom is -0.361 e. The van der Waals surface area contributed by atoms with Gasteiger partial charge >= 0.3 is 0 Å². The van der Waals surface area contributed by atoms with Gasteiger partial charge in [-0.3, -0.25) is 0 Å². The molecule has 0 bridgehead atoms. The number of nitrogens with one attached hydrogen (secondary N) is 3. The molecule has 3 N–H and O–H groups in total. The Labute approximate surface area is 303 Å². The molecule has 0 saturated carbocycles. The molecule has 0 aliphatic carbocycles. The third-order valence-corrected chi connectivity index (χ3v) is 5.54. The highest BCUT2D eigenvalue weighted by Crippen LogP contribution is 2.35. The van der Waals surface area contributed by atoms with Crippen LogP contribution in [0, 0.1) is 138 Å². The number of benzene rings is 1. The Morgan fingerprint density at radius 2 is 1.52 bits per heavy atom. The van der Waals surface area contributed by atoms with E-state index >= 15 is 0 Å². The highest BCUT2D eigenvalue weighted by Gasteiger charge is 2.16. The molecule has 0 fully saturated rings. The van der Waals surface area contributed by atoms with Gasteiger partial charge in [-0.25, -0.2) is 9.97 Å². The third-order valence-electron chi connectivity index (χ3n) is 5.23. The van der Waals surface area contributed by atoms with Crippen LogP contribution in [0.25, 0.3) is 22.2 Å². The number of fused-ring (bicyclic) bond motifs is 1. The van der Waals surface area contributed by atoms with Crippen LogP contribution in [-0.2, 0) is 0 Å². The van der Waals surface area contributed by atoms with E-state index < -0.39 is 0 Å². The first kappa shape index (κ1) is 38.2. The lowest BCUT2D eigenvalue weighted by molar-refractivity contribution is 0.393. The van der Waals surface area contributed by atoms with Crippen LogP contribution in [0.5, 0.6) is 0 Å². The number of hydrogen-bond donors (Lipinski definition) is 3. The monoisotopic (exact) mass is 686 g/mol. The first-order valence-electron chi connectivity index (χ1n) is 13.6. The van der Waals surface area contributed by atoms with Gasteiger partial charge in [-0.15, -0.1) is 11.3 Å². The summed E-state index contributed by atoms with van der Waals surface area (Å²) in [5, 5.41) is 17.1. The Morgan fingerprint density at radius 1 is 0.920 bits per heavy atom. The van der Waals surface area contributed by atoms with Crippen molar-refractivity contribution in [3.05, 3.63) is 57.7 Å². The lowest BCUT2D eigenvalue weighted by atomic mass is 10.0. The highest BCUT2D eigenvalue weighted by molar-refractivity contribution is 6.33. The zero-order valence-corrected chi connectivity index (χ0v) is 27.5. The molecule has 50 heavy (non-hydrogen) atoms. The number of anilines is 2. The molecular formula is C37H35ClN10O2. The Hall–Kier alpha value is -8.02. The fraction of sp³-hybridized carbons (Fsp3) is 0.108. The second-order valence-electron chi connectivity index (χ2n) is 8.53. The van der Waals surface area contributed by atoms with Gasteiger partial charge in [0.15, 0.2) is 0 Å². The number of terminal acetylenes is 1. The normalized spacial score (nSPS) is 8.08. The number of aromatic amines is 1. The number of nitrogens with zero attached hydrogens (tertiary/aromatic N) is 7. The van der Waals surface area contributed by atoms with Crippen molar-refractivity contribution >= 4 is 34.1 Å². The van der Waals surface area contributed by atoms with Crippen LogP contribution in [0.2, 0.25) is 5.02 Å². The summed E-state index contributed by atoms with van der Waals surface area (Å²) in [4.78, 5) is 21.1. The maximum atomic E-state index is 8.91. The zero-order chi connectivity index (χ0) is 36.4. The number of H-pyrrole nitrogens is 1. The van der Waals surface area contributed by atoms with E-state index in [0.29, 0.717) is 10.8 Å². The summed E-state index contributed by atoms with van der Waals surface area (Å²) in [6, 6.07) is 7.65. The number of pyridine rings is 1. The van der Waals surface area contributed by atoms with E-state index in [9.17, 15) is 0 Å². The summed E-state index contributed by atoms with van der Waals surface area (Å²) in [6.07, 6.45) is 6.59. The van der Waals surface area contributed by atoms with E-state index in [2.05, 4.69) is 142 Å². The highest BCUT2D eigenvalue weighted by atomic mass is 35.5. The lowest BCUT2D eigenvalue weighted by Gasteiger charge is -2.10. The van der Waals surface area contributed by atoms with Gasteiger partial charge < -0.3 is 14.8 Å². The number of hydrogen-bond acceptors (Lipinski definition) is 7. The topological polar surface area (TPSA) is 170 Å². The number of aryl methyl sites for hydroxylation is 3. The van der Waals surface area contributed by atoms with E-state index in [-0.39, 0.29) is 9.99 Å². The van der Waals surface area contributed by atoms with Crippen molar-refractivity contribution in [1.82, 2.24) is 20.1 Å². The largest absolute Gasteiger partial charge is 0.361 e. The van der Waals surface area contributed by atoms with E-state index in [4.69, 9.17) is 33.0 Å². The molecule has 3 aromatic heterocycles. The van der Waals surface area contributed by atoms with Crippen LogP contribution in [0.1, 0.15) is 34.2 Å². The molecule has 4 aromatic rings. The summed E-state index contributed by atoms with van der Waals surface area (Å²) in [6.45, 7) is 7.45. The van der Waals surface area contributed by atoms with Crippen LogP contribution in [0.4, 0.5) is 11.5 Å². The molecule has 0 atom stereocenters. The van der Waals surface area contributed by atoms with Crippen molar-refractivity contribution in [2.45, 2.75) is 27.7 Å². The van der Waals surface area contributed by atoms with Gasteiger partial charge in [-0.1, -0.05) is 22.7 Å². The molecule has 0 saturated heterocycles. The zero-order valence-electron chi connectivity index (χ0n) is 26.8. The first-order valence-corrected chi connectivity index (χ1v) is 14.0. The second kappa shape index (κ2) is 22.5. The molecule has 12 nitrogen and oxygen atoms in total. The van der Waals surface area contributed by atoms with Gasteiger partial charge in [0.25, 0.3) is 0 Å². The van der Waals surface area contributed by atoms with Crippen molar-refractivity contribution < 1.29 is 14.5 Å². The SMILES string of the molecule is C#CC#CC#CC#CC#CC#CC#CC#CC#CC.Cc1nc2c(Nc3ncccc3Cl)cc(-c3c(C)noc3C)cc2[nH]1.N=N/N=N/N=O.[HH].[HH].[HH].[HH].[HH].[HH].[HH]. The quantitative estimate of drug-likeness (QED) is 0.0824. The molecule has 4 rings (SSSR count). The van der Waals surface area contributed by atoms with Gasteiger partial charge in [-0.05, 0) is 163 Å². The average Bonchev–Trinajstić information content (AvgIpc) is 3.66. The van der Waals surface area contributed by atoms with E-state index in [1.54, 1.807) is 25.3 Å². The standard InChI is InChI=1S/C19H4.C18H16ClN5O.HN5O.7H2/c1-3-5-7-9-11-13-15-17-19-18-16-14-12-10-8-6-4-2;1-9-16(10(2)25-24-9)12-7-14-17(22-11(3)21-14)15(8-12)23-18-13(19)5-4-6-20-18;1-2-3-4-5-6;;;;;;;/h1H,2H3;4-8H,1-3H3,(H,20,23)(H,21,22);1H;7*1H/b;;2-1?,4-3+;;;;;;;. The number of rotatable bonds is 5. The smallest absolute Gasteiger partial charge is 0.149 e. The van der Waals surface area contributed by atoms with Crippen molar-refractivity contribution in [1.29, 1.82) is 5.53 Å². The Balaban J connectivity index is -0.000000184. The minimum atomic E-state index is 0. The molecule has 13 heteroatoms. The molecule has 0 amide bonds. The third kappa shape index (κ3) is 13.5. The van der Waals surface area contributed by atoms with Gasteiger partial charge in [0, 0.05) is 27.0 Å². The molecule has 1 aromatic carbocycles. The van der Waals surface area contributed by atoms with Crippen molar-refractivity contribution in [3.63, 3.8) is 0 Å². The molecule has 3 heterocycles. The molecule has 0 radical (unpaired) electrons. The van der Waals surface area contributed by atoms with E-state index in [1.165, 1.54) is 0 Å². The average molecular weight is 687 g/mol. The predicted molar refractivity (Wildman–Crippen MR) is 206 cm³/mol. The molecule has 252 valence electrons. The van der Waals surface area contributed by atoms with Gasteiger partial charge in [0.1, 0.15) is 28.2 Å². The molecular weight excluding hydrogens is 652 g/mol. The summed E-state index contributed by atoms with van der Waals surface area (Å²) in [5.41, 5.74) is 11.2. The molecule has 0 unspecified atom stereocenters. The molecule has 0 aliphatic heterocycles. The van der Waals surface area contributed by atoms with Crippen molar-refractivity contribution in [3.8, 4) is 118 Å². The van der Waals surface area contributed by atoms with E-state index in [0.717, 1.165) is 45.1 Å². The van der Waals surface area contributed by atoms with Crippen LogP contribution < -0.4 is 5.32 Å². The van der Waals surface area contributed by atoms with Crippen molar-refractivity contribution in [2.24, 2.45) is 21.0 Å². The molecule has 0 spiro atoms. The maximum Gasteiger partial charge on any atom is 0.149 e. The van der Waals surface area contributed by atoms with Crippen LogP contribution in [-0.4, -0.2) is 20.1 Å². The van der Waals surface area contributed by atoms with Gasteiger partial charge in [-0.2, -0.15) is 5.53 Å². The van der Waals surface area contributed by atoms with Crippen molar-refractivity contribution in [2.75, 3.05) is 5.32 Å². The Bertz CT molecular complexity index is 2480.